The van der Waals surface area contributed by atoms with E-state index in [4.69, 9.17) is 18.9 Å². The van der Waals surface area contributed by atoms with Crippen molar-refractivity contribution in [3.05, 3.63) is 207 Å². The number of likely N-dealkylation sites (N-methyl/N-ethyl adjacent to an activating group) is 1. The number of carbonyl (C=O) groups excluding carboxylic acids is 3. The molecule has 0 saturated carbocycles. The predicted molar refractivity (Wildman–Crippen MR) is 370 cm³/mol. The monoisotopic (exact) mass is 1200 g/mol. The first-order valence-corrected chi connectivity index (χ1v) is 33.2. The highest BCUT2D eigenvalue weighted by Gasteiger charge is 2.22. The SMILES string of the molecule is CC/C=C\C/C=C\C/C=C\C/C=C\C/C=C\C/C=C\C/C=C\C/C=C\C/C=C\C/C=C\C/C=C\CCCCCCCC(=O)OC(COC(=O)CCCCCC/C=C\C/C=C\C/C=C\C/C=C\C/C=C\C/C=C\CC)COC(OCC[N+](C)(C)C)C(=O)[O-]. The number of nitrogens with zero attached hydrogens (tertiary/aromatic N) is 1. The first kappa shape index (κ1) is 80.9. The molecule has 0 saturated heterocycles. The Balaban J connectivity index is 4.32. The largest absolute Gasteiger partial charge is 0.545 e. The number of hydrogen-bond acceptors (Lipinski definition) is 8. The molecule has 0 heterocycles. The molecule has 0 aliphatic heterocycles. The minimum Gasteiger partial charge on any atom is -0.545 e. The highest BCUT2D eigenvalue weighted by Crippen LogP contribution is 2.13. The van der Waals surface area contributed by atoms with Crippen LogP contribution in [-0.2, 0) is 33.3 Å². The molecule has 0 radical (unpaired) electrons. The zero-order chi connectivity index (χ0) is 63.3. The maximum Gasteiger partial charge on any atom is 0.306 e. The summed E-state index contributed by atoms with van der Waals surface area (Å²) in [6.07, 6.45) is 100. The average molecular weight is 1200 g/mol. The molecule has 0 aliphatic rings. The first-order chi connectivity index (χ1) is 42.6. The zero-order valence-corrected chi connectivity index (χ0v) is 55.0. The van der Waals surface area contributed by atoms with E-state index in [0.29, 0.717) is 23.9 Å². The molecule has 0 aromatic rings. The van der Waals surface area contributed by atoms with Gasteiger partial charge >= 0.3 is 11.9 Å². The van der Waals surface area contributed by atoms with Gasteiger partial charge in [-0.05, 0) is 148 Å². The third-order valence-corrected chi connectivity index (χ3v) is 13.0. The first-order valence-electron chi connectivity index (χ1n) is 33.2. The number of esters is 2. The second-order valence-electron chi connectivity index (χ2n) is 22.3. The number of carbonyl (C=O) groups is 3. The number of unbranched alkanes of at least 4 members (excludes halogenated alkanes) is 9. The molecule has 0 spiro atoms. The molecule has 0 aromatic carbocycles. The van der Waals surface area contributed by atoms with Gasteiger partial charge in [0.2, 0.25) is 0 Å². The molecule has 0 amide bonds. The van der Waals surface area contributed by atoms with Gasteiger partial charge in [-0.1, -0.05) is 253 Å². The van der Waals surface area contributed by atoms with Crippen LogP contribution in [-0.4, -0.2) is 82.3 Å². The number of carboxylic acid groups (broad SMARTS) is 1. The number of allylic oxidation sites excluding steroid dienone is 34. The van der Waals surface area contributed by atoms with Crippen molar-refractivity contribution in [3.8, 4) is 0 Å². The quantitative estimate of drug-likeness (QED) is 0.0195. The van der Waals surface area contributed by atoms with E-state index in [1.165, 1.54) is 0 Å². The molecular weight excluding hydrogens is 1080 g/mol. The topological polar surface area (TPSA) is 111 Å². The fourth-order valence-corrected chi connectivity index (χ4v) is 8.01. The van der Waals surface area contributed by atoms with Gasteiger partial charge in [0.05, 0.1) is 40.3 Å². The fraction of sp³-hybridized carbons (Fsp3) is 0.526. The van der Waals surface area contributed by atoms with Crippen LogP contribution in [0.1, 0.15) is 206 Å². The van der Waals surface area contributed by atoms with Crippen LogP contribution in [0.5, 0.6) is 0 Å². The van der Waals surface area contributed by atoms with E-state index in [-0.39, 0.29) is 32.7 Å². The summed E-state index contributed by atoms with van der Waals surface area (Å²) in [5.74, 6) is -2.37. The lowest BCUT2D eigenvalue weighted by Crippen LogP contribution is -2.44. The number of aliphatic carboxylic acids is 1. The molecule has 0 aromatic heterocycles. The number of ether oxygens (including phenoxy) is 4. The van der Waals surface area contributed by atoms with Crippen molar-refractivity contribution in [2.45, 2.75) is 219 Å². The summed E-state index contributed by atoms with van der Waals surface area (Å²) in [5.41, 5.74) is 0. The van der Waals surface area contributed by atoms with Gasteiger partial charge in [-0.2, -0.15) is 0 Å². The molecule has 2 unspecified atom stereocenters. The molecule has 484 valence electrons. The number of hydrogen-bond donors (Lipinski definition) is 0. The second-order valence-corrected chi connectivity index (χ2v) is 22.3. The Labute approximate surface area is 531 Å². The summed E-state index contributed by atoms with van der Waals surface area (Å²) in [6.45, 7) is 4.43. The molecule has 87 heavy (non-hydrogen) atoms. The van der Waals surface area contributed by atoms with Crippen LogP contribution in [0.2, 0.25) is 0 Å². The maximum absolute atomic E-state index is 12.9. The van der Waals surface area contributed by atoms with E-state index < -0.39 is 30.3 Å². The number of carboxylic acids is 1. The van der Waals surface area contributed by atoms with Gasteiger partial charge in [-0.15, -0.1) is 0 Å². The Morgan fingerprint density at radius 1 is 0.345 bits per heavy atom. The van der Waals surface area contributed by atoms with Gasteiger partial charge in [-0.3, -0.25) is 9.59 Å². The lowest BCUT2D eigenvalue weighted by Gasteiger charge is -2.26. The minimum atomic E-state index is -1.65. The lowest BCUT2D eigenvalue weighted by molar-refractivity contribution is -0.870. The molecule has 9 heteroatoms. The number of rotatable bonds is 58. The van der Waals surface area contributed by atoms with Crippen molar-refractivity contribution in [1.82, 2.24) is 0 Å². The third kappa shape index (κ3) is 67.2. The van der Waals surface area contributed by atoms with Crippen molar-refractivity contribution in [3.63, 3.8) is 0 Å². The van der Waals surface area contributed by atoms with Gasteiger partial charge in [0.25, 0.3) is 0 Å². The van der Waals surface area contributed by atoms with Crippen molar-refractivity contribution in [1.29, 1.82) is 0 Å². The standard InChI is InChI=1S/C78H119NO8/c1-6-8-10-12-14-16-18-20-22-24-26-28-30-31-32-33-34-35-36-37-38-39-40-41-42-43-44-45-47-49-51-53-55-57-59-61-63-65-67-69-76(81)87-74(73-86-78(77(82)83)84-71-70-79(3,4)5)72-85-75(80)68-66-64-62-60-58-56-54-52-50-48-46-29-27-25-23-21-19-17-15-13-11-9-7-2/h8-11,14-17,20-23,26-29,31-32,34-35,37-38,40-41,43-44,47-50,53-56,74,78H,6-7,12-13,18-19,24-25,30,33,36,39,42,45-46,51-52,57-73H2,1-5H3/b10-8-,11-9-,16-14-,17-15-,22-20-,23-21-,28-26-,29-27-,32-31-,35-34-,38-37-,41-40-,44-43-,49-47-,50-48-,55-53-,56-54-. The van der Waals surface area contributed by atoms with Crippen LogP contribution in [0.3, 0.4) is 0 Å². The summed E-state index contributed by atoms with van der Waals surface area (Å²) in [4.78, 5) is 37.4. The highest BCUT2D eigenvalue weighted by molar-refractivity contribution is 5.70. The summed E-state index contributed by atoms with van der Waals surface area (Å²) < 4.78 is 22.7. The zero-order valence-electron chi connectivity index (χ0n) is 55.0. The highest BCUT2D eigenvalue weighted by atomic mass is 16.7. The molecule has 9 nitrogen and oxygen atoms in total. The van der Waals surface area contributed by atoms with E-state index >= 15 is 0 Å². The summed E-state index contributed by atoms with van der Waals surface area (Å²) in [5, 5.41) is 11.8. The van der Waals surface area contributed by atoms with Gasteiger partial charge in [-0.25, -0.2) is 0 Å². The van der Waals surface area contributed by atoms with E-state index in [1.54, 1.807) is 0 Å². The van der Waals surface area contributed by atoms with Crippen molar-refractivity contribution in [2.24, 2.45) is 0 Å². The van der Waals surface area contributed by atoms with Crippen molar-refractivity contribution < 1.29 is 42.9 Å². The smallest absolute Gasteiger partial charge is 0.306 e. The Bertz CT molecular complexity index is 2180. The third-order valence-electron chi connectivity index (χ3n) is 13.0. The second kappa shape index (κ2) is 65.8. The van der Waals surface area contributed by atoms with Gasteiger partial charge in [0, 0.05) is 12.8 Å². The van der Waals surface area contributed by atoms with E-state index in [2.05, 4.69) is 220 Å². The normalized spacial score (nSPS) is 14.1. The molecule has 0 bridgehead atoms. The summed E-state index contributed by atoms with van der Waals surface area (Å²) >= 11 is 0. The number of quaternary nitrogens is 1. The van der Waals surface area contributed by atoms with Crippen LogP contribution < -0.4 is 5.11 Å². The average Bonchev–Trinajstić information content (AvgIpc) is 3.55. The van der Waals surface area contributed by atoms with Gasteiger partial charge in [0.15, 0.2) is 12.4 Å². The Kier molecular flexibility index (Phi) is 61.2. The van der Waals surface area contributed by atoms with Gasteiger partial charge < -0.3 is 33.3 Å². The summed E-state index contributed by atoms with van der Waals surface area (Å²) in [6, 6.07) is 0. The van der Waals surface area contributed by atoms with E-state index in [0.717, 1.165) is 167 Å². The predicted octanol–water partition coefficient (Wildman–Crippen LogP) is 19.5. The summed E-state index contributed by atoms with van der Waals surface area (Å²) in [7, 11) is 5.89. The Morgan fingerprint density at radius 2 is 0.621 bits per heavy atom. The minimum absolute atomic E-state index is 0.126. The molecule has 0 aliphatic carbocycles. The van der Waals surface area contributed by atoms with Crippen molar-refractivity contribution >= 4 is 17.9 Å². The van der Waals surface area contributed by atoms with E-state index in [9.17, 15) is 19.5 Å². The van der Waals surface area contributed by atoms with Crippen LogP contribution in [0, 0.1) is 0 Å². The molecule has 2 atom stereocenters. The lowest BCUT2D eigenvalue weighted by atomic mass is 10.1. The van der Waals surface area contributed by atoms with Gasteiger partial charge in [0.1, 0.15) is 13.2 Å². The maximum atomic E-state index is 12.9. The van der Waals surface area contributed by atoms with Crippen LogP contribution >= 0.6 is 0 Å². The fourth-order valence-electron chi connectivity index (χ4n) is 8.01. The molecular formula is C78H119NO8. The molecule has 0 rings (SSSR count). The molecule has 0 fully saturated rings. The van der Waals surface area contributed by atoms with E-state index in [1.807, 2.05) is 21.1 Å². The Morgan fingerprint density at radius 3 is 0.920 bits per heavy atom. The van der Waals surface area contributed by atoms with Crippen LogP contribution in [0.4, 0.5) is 0 Å². The Hall–Kier alpha value is -6.13. The van der Waals surface area contributed by atoms with Crippen LogP contribution in [0.15, 0.2) is 207 Å². The van der Waals surface area contributed by atoms with Crippen LogP contribution in [0.25, 0.3) is 0 Å². The molecule has 0 N–H and O–H groups in total. The van der Waals surface area contributed by atoms with Crippen molar-refractivity contribution in [2.75, 3.05) is 47.5 Å².